The summed E-state index contributed by atoms with van der Waals surface area (Å²) in [5.74, 6) is 6.53. The normalized spacial score (nSPS) is 10.7. The number of carbonyl (C=O) groups excluding carboxylic acids is 1. The zero-order valence-corrected chi connectivity index (χ0v) is 17.4. The Labute approximate surface area is 183 Å². The minimum Gasteiger partial charge on any atom is -0.335 e. The van der Waals surface area contributed by atoms with Gasteiger partial charge in [-0.2, -0.15) is 0 Å². The highest BCUT2D eigenvalue weighted by atomic mass is 35.5. The van der Waals surface area contributed by atoms with Crippen LogP contribution in [0.2, 0.25) is 5.02 Å². The number of carbonyl (C=O) groups is 1. The standard InChI is InChI=1S/C22H18ClN5OS/c23-19-9-5-4-8-18(19)21-26-27-22(28(21)24)30-14-20(29)25-17-12-10-16(11-13-17)15-6-2-1-3-7-15/h1-13H,14,24H2,(H,25,29). The molecule has 3 N–H and O–H groups in total. The molecule has 150 valence electrons. The predicted octanol–water partition coefficient (Wildman–Crippen LogP) is 4.71. The minimum atomic E-state index is -0.158. The van der Waals surface area contributed by atoms with Gasteiger partial charge in [-0.25, -0.2) is 4.68 Å². The monoisotopic (exact) mass is 435 g/mol. The highest BCUT2D eigenvalue weighted by Crippen LogP contribution is 2.27. The molecule has 3 aromatic carbocycles. The molecule has 1 aromatic heterocycles. The summed E-state index contributed by atoms with van der Waals surface area (Å²) in [5.41, 5.74) is 3.63. The Hall–Kier alpha value is -3.29. The van der Waals surface area contributed by atoms with Crippen molar-refractivity contribution in [2.24, 2.45) is 0 Å². The van der Waals surface area contributed by atoms with E-state index in [0.717, 1.165) is 16.8 Å². The molecule has 0 unspecified atom stereocenters. The molecule has 0 saturated heterocycles. The van der Waals surface area contributed by atoms with Gasteiger partial charge in [0.2, 0.25) is 11.1 Å². The summed E-state index contributed by atoms with van der Waals surface area (Å²) in [6.45, 7) is 0. The first-order valence-electron chi connectivity index (χ1n) is 9.15. The van der Waals surface area contributed by atoms with Crippen LogP contribution in [0.5, 0.6) is 0 Å². The number of thioether (sulfide) groups is 1. The number of nitrogen functional groups attached to an aromatic ring is 1. The van der Waals surface area contributed by atoms with Crippen LogP contribution >= 0.6 is 23.4 Å². The molecule has 8 heteroatoms. The minimum absolute atomic E-state index is 0.151. The zero-order chi connectivity index (χ0) is 20.9. The summed E-state index contributed by atoms with van der Waals surface area (Å²) in [7, 11) is 0. The van der Waals surface area contributed by atoms with E-state index in [9.17, 15) is 4.79 Å². The van der Waals surface area contributed by atoms with Crippen LogP contribution in [0.1, 0.15) is 0 Å². The maximum Gasteiger partial charge on any atom is 0.234 e. The number of hydrogen-bond acceptors (Lipinski definition) is 5. The molecule has 0 bridgehead atoms. The van der Waals surface area contributed by atoms with Crippen molar-refractivity contribution in [3.05, 3.63) is 83.9 Å². The third-order valence-electron chi connectivity index (χ3n) is 4.39. The first-order valence-corrected chi connectivity index (χ1v) is 10.5. The van der Waals surface area contributed by atoms with Crippen molar-refractivity contribution in [1.82, 2.24) is 14.9 Å². The number of halogens is 1. The molecule has 0 aliphatic rings. The first kappa shape index (κ1) is 20.0. The van der Waals surface area contributed by atoms with Gasteiger partial charge < -0.3 is 11.2 Å². The quantitative estimate of drug-likeness (QED) is 0.338. The molecule has 4 rings (SSSR count). The van der Waals surface area contributed by atoms with E-state index in [0.29, 0.717) is 21.6 Å². The Balaban J connectivity index is 1.37. The van der Waals surface area contributed by atoms with Crippen LogP contribution in [-0.4, -0.2) is 26.5 Å². The molecular formula is C22H18ClN5OS. The fourth-order valence-corrected chi connectivity index (χ4v) is 3.78. The lowest BCUT2D eigenvalue weighted by molar-refractivity contribution is -0.113. The molecule has 0 fully saturated rings. The van der Waals surface area contributed by atoms with Crippen molar-refractivity contribution in [3.63, 3.8) is 0 Å². The molecule has 0 spiro atoms. The first-order chi connectivity index (χ1) is 14.6. The SMILES string of the molecule is Nn1c(SCC(=O)Nc2ccc(-c3ccccc3)cc2)nnc1-c1ccccc1Cl. The lowest BCUT2D eigenvalue weighted by atomic mass is 10.1. The lowest BCUT2D eigenvalue weighted by Gasteiger charge is -2.07. The summed E-state index contributed by atoms with van der Waals surface area (Å²) in [4.78, 5) is 12.3. The van der Waals surface area contributed by atoms with Gasteiger partial charge >= 0.3 is 0 Å². The van der Waals surface area contributed by atoms with Crippen LogP contribution in [0, 0.1) is 0 Å². The summed E-state index contributed by atoms with van der Waals surface area (Å²) < 4.78 is 1.34. The Bertz CT molecular complexity index is 1160. The van der Waals surface area contributed by atoms with Crippen LogP contribution in [0.15, 0.2) is 84.0 Å². The largest absolute Gasteiger partial charge is 0.335 e. The van der Waals surface area contributed by atoms with E-state index in [4.69, 9.17) is 17.4 Å². The molecule has 0 atom stereocenters. The summed E-state index contributed by atoms with van der Waals surface area (Å²) in [6.07, 6.45) is 0. The van der Waals surface area contributed by atoms with E-state index in [2.05, 4.69) is 15.5 Å². The maximum atomic E-state index is 12.3. The fourth-order valence-electron chi connectivity index (χ4n) is 2.91. The van der Waals surface area contributed by atoms with Crippen molar-refractivity contribution in [1.29, 1.82) is 0 Å². The molecule has 0 aliphatic carbocycles. The molecule has 0 aliphatic heterocycles. The van der Waals surface area contributed by atoms with Crippen molar-refractivity contribution < 1.29 is 4.79 Å². The van der Waals surface area contributed by atoms with E-state index in [1.54, 1.807) is 6.07 Å². The van der Waals surface area contributed by atoms with E-state index < -0.39 is 0 Å². The van der Waals surface area contributed by atoms with Gasteiger partial charge in [0.1, 0.15) is 0 Å². The lowest BCUT2D eigenvalue weighted by Crippen LogP contribution is -2.16. The van der Waals surface area contributed by atoms with E-state index in [1.165, 1.54) is 16.4 Å². The van der Waals surface area contributed by atoms with Gasteiger partial charge in [-0.3, -0.25) is 4.79 Å². The van der Waals surface area contributed by atoms with Gasteiger partial charge in [-0.1, -0.05) is 78.0 Å². The molecule has 1 amide bonds. The van der Waals surface area contributed by atoms with E-state index >= 15 is 0 Å². The van der Waals surface area contributed by atoms with Crippen LogP contribution < -0.4 is 11.2 Å². The second kappa shape index (κ2) is 9.02. The number of benzene rings is 3. The molecular weight excluding hydrogens is 418 g/mol. The van der Waals surface area contributed by atoms with Gasteiger partial charge in [-0.05, 0) is 35.4 Å². The Kier molecular flexibility index (Phi) is 6.02. The highest BCUT2D eigenvalue weighted by Gasteiger charge is 2.15. The number of aromatic nitrogens is 3. The van der Waals surface area contributed by atoms with Gasteiger partial charge in [0.25, 0.3) is 0 Å². The number of hydrogen-bond donors (Lipinski definition) is 2. The number of nitrogens with two attached hydrogens (primary N) is 1. The van der Waals surface area contributed by atoms with Gasteiger partial charge in [0, 0.05) is 11.3 Å². The second-order valence-corrected chi connectivity index (χ2v) is 7.79. The predicted molar refractivity (Wildman–Crippen MR) is 122 cm³/mol. The number of nitrogens with one attached hydrogen (secondary N) is 1. The summed E-state index contributed by atoms with van der Waals surface area (Å²) >= 11 is 7.41. The summed E-state index contributed by atoms with van der Waals surface area (Å²) in [6, 6.07) is 25.0. The summed E-state index contributed by atoms with van der Waals surface area (Å²) in [5, 5.41) is 12.0. The number of rotatable bonds is 6. The highest BCUT2D eigenvalue weighted by molar-refractivity contribution is 7.99. The molecule has 4 aromatic rings. The van der Waals surface area contributed by atoms with Crippen LogP contribution in [0.25, 0.3) is 22.5 Å². The van der Waals surface area contributed by atoms with Crippen molar-refractivity contribution in [2.75, 3.05) is 16.9 Å². The van der Waals surface area contributed by atoms with Gasteiger partial charge in [0.05, 0.1) is 10.8 Å². The van der Waals surface area contributed by atoms with Crippen molar-refractivity contribution >= 4 is 35.0 Å². The van der Waals surface area contributed by atoms with Crippen LogP contribution in [-0.2, 0) is 4.79 Å². The maximum absolute atomic E-state index is 12.3. The molecule has 6 nitrogen and oxygen atoms in total. The smallest absolute Gasteiger partial charge is 0.234 e. The number of anilines is 1. The average molecular weight is 436 g/mol. The van der Waals surface area contributed by atoms with E-state index in [1.807, 2.05) is 72.8 Å². The molecule has 0 saturated carbocycles. The third kappa shape index (κ3) is 4.48. The number of nitrogens with zero attached hydrogens (tertiary/aromatic N) is 3. The number of amides is 1. The Morgan fingerprint density at radius 3 is 2.33 bits per heavy atom. The van der Waals surface area contributed by atoms with Crippen LogP contribution in [0.3, 0.4) is 0 Å². The molecule has 30 heavy (non-hydrogen) atoms. The van der Waals surface area contributed by atoms with E-state index in [-0.39, 0.29) is 11.7 Å². The molecule has 0 radical (unpaired) electrons. The fraction of sp³-hybridized carbons (Fsp3) is 0.0455. The molecule has 1 heterocycles. The van der Waals surface area contributed by atoms with Gasteiger partial charge in [0.15, 0.2) is 5.82 Å². The average Bonchev–Trinajstić information content (AvgIpc) is 3.14. The third-order valence-corrected chi connectivity index (χ3v) is 5.66. The zero-order valence-electron chi connectivity index (χ0n) is 15.8. The van der Waals surface area contributed by atoms with Crippen molar-refractivity contribution in [2.45, 2.75) is 5.16 Å². The second-order valence-electron chi connectivity index (χ2n) is 6.44. The Morgan fingerprint density at radius 2 is 1.60 bits per heavy atom. The topological polar surface area (TPSA) is 85.8 Å². The van der Waals surface area contributed by atoms with Gasteiger partial charge in [-0.15, -0.1) is 10.2 Å². The Morgan fingerprint density at radius 1 is 0.933 bits per heavy atom. The van der Waals surface area contributed by atoms with Crippen molar-refractivity contribution in [3.8, 4) is 22.5 Å². The van der Waals surface area contributed by atoms with Crippen LogP contribution in [0.4, 0.5) is 5.69 Å².